The zero-order valence-corrected chi connectivity index (χ0v) is 7.79. The molecule has 1 aliphatic carbocycles. The molecule has 0 bridgehead atoms. The normalized spacial score (nSPS) is 20.4. The van der Waals surface area contributed by atoms with Crippen LogP contribution in [0.25, 0.3) is 0 Å². The summed E-state index contributed by atoms with van der Waals surface area (Å²) in [6.45, 7) is 0. The second kappa shape index (κ2) is 3.93. The molecule has 2 rings (SSSR count). The van der Waals surface area contributed by atoms with Gasteiger partial charge in [-0.05, 0) is 37.2 Å². The average molecular weight is 173 g/mol. The van der Waals surface area contributed by atoms with Crippen LogP contribution >= 0.6 is 0 Å². The van der Waals surface area contributed by atoms with Crippen LogP contribution in [0.2, 0.25) is 0 Å². The first kappa shape index (κ1) is 8.76. The summed E-state index contributed by atoms with van der Waals surface area (Å²) in [5, 5.41) is 0. The summed E-state index contributed by atoms with van der Waals surface area (Å²) in [5.41, 5.74) is 8.99. The van der Waals surface area contributed by atoms with E-state index in [1.54, 1.807) is 0 Å². The van der Waals surface area contributed by atoms with Crippen LogP contribution in [0, 0.1) is 6.04 Å². The van der Waals surface area contributed by atoms with Gasteiger partial charge in [-0.25, -0.2) is 5.73 Å². The lowest BCUT2D eigenvalue weighted by Crippen LogP contribution is -2.12. The van der Waals surface area contributed by atoms with Crippen LogP contribution in [0.4, 0.5) is 0 Å². The van der Waals surface area contributed by atoms with E-state index >= 15 is 0 Å². The summed E-state index contributed by atoms with van der Waals surface area (Å²) in [7, 11) is 0. The monoisotopic (exact) mass is 173 g/mol. The molecule has 1 aromatic rings. The molecule has 0 atom stereocenters. The van der Waals surface area contributed by atoms with Gasteiger partial charge in [-0.2, -0.15) is 0 Å². The molecule has 1 N–H and O–H groups in total. The lowest BCUT2D eigenvalue weighted by molar-refractivity contribution is 0.461. The van der Waals surface area contributed by atoms with Gasteiger partial charge >= 0.3 is 0 Å². The lowest BCUT2D eigenvalue weighted by Gasteiger charge is -2.25. The molecule has 2 radical (unpaired) electrons. The van der Waals surface area contributed by atoms with E-state index in [0.29, 0.717) is 5.92 Å². The summed E-state index contributed by atoms with van der Waals surface area (Å²) in [6.07, 6.45) is 4.34. The maximum Gasteiger partial charge on any atom is 0.0518 e. The maximum absolute atomic E-state index is 7.54. The van der Waals surface area contributed by atoms with Crippen molar-refractivity contribution in [1.82, 2.24) is 5.73 Å². The van der Waals surface area contributed by atoms with E-state index in [2.05, 4.69) is 30.3 Å². The third kappa shape index (κ3) is 2.10. The first-order chi connectivity index (χ1) is 6.36. The van der Waals surface area contributed by atoms with Gasteiger partial charge in [0.25, 0.3) is 0 Å². The molecule has 0 aromatic heterocycles. The zero-order chi connectivity index (χ0) is 9.10. The summed E-state index contributed by atoms with van der Waals surface area (Å²) >= 11 is 0. The Morgan fingerprint density at radius 1 is 1.00 bits per heavy atom. The number of hydrogen-bond donors (Lipinski definition) is 0. The Labute approximate surface area is 80.0 Å². The number of hydrogen-bond acceptors (Lipinski definition) is 0. The molecule has 0 saturated heterocycles. The number of rotatable bonds is 1. The van der Waals surface area contributed by atoms with Crippen molar-refractivity contribution in [3.63, 3.8) is 0 Å². The lowest BCUT2D eigenvalue weighted by atomic mass is 9.82. The highest BCUT2D eigenvalue weighted by Crippen LogP contribution is 2.34. The molecule has 1 nitrogen and oxygen atoms in total. The fourth-order valence-electron chi connectivity index (χ4n) is 2.02. The Hall–Kier alpha value is -0.820. The molecule has 1 fully saturated rings. The smallest absolute Gasteiger partial charge is 0.0518 e. The molecule has 0 unspecified atom stereocenters. The van der Waals surface area contributed by atoms with Gasteiger partial charge in [0.1, 0.15) is 0 Å². The summed E-state index contributed by atoms with van der Waals surface area (Å²) in [4.78, 5) is 0. The molecule has 1 heteroatoms. The van der Waals surface area contributed by atoms with Crippen molar-refractivity contribution in [1.29, 1.82) is 0 Å². The van der Waals surface area contributed by atoms with Crippen molar-refractivity contribution in [2.45, 2.75) is 31.6 Å². The van der Waals surface area contributed by atoms with Crippen LogP contribution in [0.3, 0.4) is 0 Å². The van der Waals surface area contributed by atoms with Crippen molar-refractivity contribution in [2.24, 2.45) is 0 Å². The van der Waals surface area contributed by atoms with Crippen LogP contribution in [0.15, 0.2) is 30.3 Å². The van der Waals surface area contributed by atoms with E-state index < -0.39 is 0 Å². The van der Waals surface area contributed by atoms with E-state index in [-0.39, 0.29) is 0 Å². The molecule has 0 spiro atoms. The summed E-state index contributed by atoms with van der Waals surface area (Å²) in [5.74, 6) is 0.704. The first-order valence-corrected chi connectivity index (χ1v) is 4.97. The van der Waals surface area contributed by atoms with Crippen molar-refractivity contribution in [2.75, 3.05) is 0 Å². The van der Waals surface area contributed by atoms with E-state index in [1.165, 1.54) is 18.4 Å². The van der Waals surface area contributed by atoms with Gasteiger partial charge < -0.3 is 0 Å². The van der Waals surface area contributed by atoms with Crippen LogP contribution in [0.1, 0.15) is 37.2 Å². The summed E-state index contributed by atoms with van der Waals surface area (Å²) < 4.78 is 0. The van der Waals surface area contributed by atoms with Gasteiger partial charge in [0.05, 0.1) is 6.04 Å². The van der Waals surface area contributed by atoms with Crippen LogP contribution in [-0.4, -0.2) is 0 Å². The number of nitrogens with one attached hydrogen (secondary N) is 1. The third-order valence-electron chi connectivity index (χ3n) is 2.86. The molecule has 1 saturated carbocycles. The van der Waals surface area contributed by atoms with E-state index in [1.807, 2.05) is 0 Å². The largest absolute Gasteiger partial charge is 0.249 e. The quantitative estimate of drug-likeness (QED) is 0.623. The molecule has 1 aliphatic rings. The van der Waals surface area contributed by atoms with E-state index in [0.717, 1.165) is 18.9 Å². The van der Waals surface area contributed by atoms with Gasteiger partial charge in [0.15, 0.2) is 0 Å². The third-order valence-corrected chi connectivity index (χ3v) is 2.86. The van der Waals surface area contributed by atoms with Gasteiger partial charge in [-0.1, -0.05) is 30.3 Å². The van der Waals surface area contributed by atoms with Crippen molar-refractivity contribution < 1.29 is 0 Å². The molecule has 68 valence electrons. The first-order valence-electron chi connectivity index (χ1n) is 4.97. The highest BCUT2D eigenvalue weighted by Gasteiger charge is 2.20. The van der Waals surface area contributed by atoms with Crippen LogP contribution < -0.4 is 5.73 Å². The fourth-order valence-corrected chi connectivity index (χ4v) is 2.02. The number of benzene rings is 1. The minimum absolute atomic E-state index is 0.704. The minimum Gasteiger partial charge on any atom is -0.249 e. The standard InChI is InChI=1S/C12H15N/c13-12-8-6-11(7-9-12)10-4-2-1-3-5-10/h1-5,11,13H,6-9H2. The van der Waals surface area contributed by atoms with Crippen LogP contribution in [0.5, 0.6) is 0 Å². The van der Waals surface area contributed by atoms with Gasteiger partial charge in [0, 0.05) is 0 Å². The van der Waals surface area contributed by atoms with Crippen molar-refractivity contribution in [3.05, 3.63) is 41.9 Å². The van der Waals surface area contributed by atoms with E-state index in [9.17, 15) is 0 Å². The average Bonchev–Trinajstić information content (AvgIpc) is 2.20. The Kier molecular flexibility index (Phi) is 2.65. The van der Waals surface area contributed by atoms with Gasteiger partial charge in [0.2, 0.25) is 0 Å². The Morgan fingerprint density at radius 3 is 2.23 bits per heavy atom. The Bertz CT molecular complexity index is 247. The summed E-state index contributed by atoms with van der Waals surface area (Å²) in [6, 6.07) is 11.6. The topological polar surface area (TPSA) is 23.8 Å². The highest BCUT2D eigenvalue weighted by atomic mass is 14.6. The molecule has 0 heterocycles. The molecular weight excluding hydrogens is 158 g/mol. The Morgan fingerprint density at radius 2 is 1.62 bits per heavy atom. The molecule has 1 aromatic carbocycles. The van der Waals surface area contributed by atoms with Gasteiger partial charge in [-0.3, -0.25) is 0 Å². The Balaban J connectivity index is 2.03. The second-order valence-corrected chi connectivity index (χ2v) is 3.79. The predicted octanol–water partition coefficient (Wildman–Crippen LogP) is 3.16. The van der Waals surface area contributed by atoms with E-state index in [4.69, 9.17) is 5.73 Å². The van der Waals surface area contributed by atoms with Crippen molar-refractivity contribution >= 4 is 0 Å². The molecular formula is C12H15N. The predicted molar refractivity (Wildman–Crippen MR) is 54.0 cm³/mol. The maximum atomic E-state index is 7.54. The minimum atomic E-state index is 0.704. The zero-order valence-electron chi connectivity index (χ0n) is 7.79. The fraction of sp³-hybridized carbons (Fsp3) is 0.417. The second-order valence-electron chi connectivity index (χ2n) is 3.79. The SMILES string of the molecule is [NH][C]1CCC(c2ccccc2)CC1. The highest BCUT2D eigenvalue weighted by molar-refractivity contribution is 5.20. The molecule has 13 heavy (non-hydrogen) atoms. The molecule has 0 aliphatic heterocycles. The van der Waals surface area contributed by atoms with Crippen LogP contribution in [-0.2, 0) is 0 Å². The molecule has 0 amide bonds. The van der Waals surface area contributed by atoms with Crippen molar-refractivity contribution in [3.8, 4) is 0 Å². The van der Waals surface area contributed by atoms with Gasteiger partial charge in [-0.15, -0.1) is 0 Å².